The van der Waals surface area contributed by atoms with Crippen molar-refractivity contribution in [2.75, 3.05) is 0 Å². The highest BCUT2D eigenvalue weighted by Crippen LogP contribution is 2.56. The van der Waals surface area contributed by atoms with Gasteiger partial charge in [0.05, 0.1) is 11.9 Å². The Morgan fingerprint density at radius 3 is 2.62 bits per heavy atom. The highest BCUT2D eigenvalue weighted by Gasteiger charge is 2.61. The predicted molar refractivity (Wildman–Crippen MR) is 130 cm³/mol. The molecule has 1 N–H and O–H groups in total. The van der Waals surface area contributed by atoms with Gasteiger partial charge >= 0.3 is 6.18 Å². The molecule has 9 heteroatoms. The number of benzene rings is 1. The van der Waals surface area contributed by atoms with Crippen LogP contribution in [0.4, 0.5) is 17.6 Å². The van der Waals surface area contributed by atoms with Crippen molar-refractivity contribution in [3.8, 4) is 5.69 Å². The second kappa shape index (κ2) is 8.62. The maximum atomic E-state index is 13.9. The van der Waals surface area contributed by atoms with Gasteiger partial charge in [-0.2, -0.15) is 18.3 Å². The summed E-state index contributed by atoms with van der Waals surface area (Å²) in [7, 11) is 0. The van der Waals surface area contributed by atoms with Crippen molar-refractivity contribution in [2.45, 2.75) is 62.1 Å². The van der Waals surface area contributed by atoms with E-state index >= 15 is 0 Å². The lowest BCUT2D eigenvalue weighted by Crippen LogP contribution is -2.55. The number of hydrogen-bond acceptors (Lipinski definition) is 4. The van der Waals surface area contributed by atoms with E-state index in [2.05, 4.69) is 10.1 Å². The summed E-state index contributed by atoms with van der Waals surface area (Å²) >= 11 is 0. The topological polar surface area (TPSA) is 63.8 Å². The minimum absolute atomic E-state index is 0.177. The first-order valence-electron chi connectivity index (χ1n) is 12.5. The van der Waals surface area contributed by atoms with Crippen LogP contribution in [0.15, 0.2) is 60.9 Å². The van der Waals surface area contributed by atoms with Crippen molar-refractivity contribution in [1.82, 2.24) is 19.7 Å². The molecule has 1 saturated carbocycles. The summed E-state index contributed by atoms with van der Waals surface area (Å²) < 4.78 is 56.9. The van der Waals surface area contributed by atoms with Crippen LogP contribution in [0, 0.1) is 11.7 Å². The van der Waals surface area contributed by atoms with Gasteiger partial charge in [0.25, 0.3) is 0 Å². The Hall–Kier alpha value is -3.33. The molecule has 3 aromatic heterocycles. The molecule has 0 radical (unpaired) electrons. The number of hydrogen-bond donors (Lipinski definition) is 1. The standard InChI is InChI=1S/C28H26F4N4O/c29-20-7-9-22(10-8-20)36-25-18(17-34-36)14-23-24(35-25)6-3-4-19-15-27(37,28(30,31)32)12-11-26(19,23)16-21-5-1-2-13-33-21/h1-2,5,7-10,13-14,17,19,37H,3-4,6,11-12,15-16H2/t19-,26-,27-/m1/s1. The first-order chi connectivity index (χ1) is 17.7. The number of fused-ring (bicyclic) bond motifs is 4. The molecule has 37 heavy (non-hydrogen) atoms. The maximum Gasteiger partial charge on any atom is 0.417 e. The van der Waals surface area contributed by atoms with E-state index in [4.69, 9.17) is 4.98 Å². The quantitative estimate of drug-likeness (QED) is 0.351. The van der Waals surface area contributed by atoms with Gasteiger partial charge < -0.3 is 5.11 Å². The molecule has 0 amide bonds. The Bertz CT molecular complexity index is 1440. The number of rotatable bonds is 3. The van der Waals surface area contributed by atoms with Crippen molar-refractivity contribution in [3.63, 3.8) is 0 Å². The largest absolute Gasteiger partial charge is 0.417 e. The number of halogens is 4. The summed E-state index contributed by atoms with van der Waals surface area (Å²) in [6.07, 6.45) is 0.483. The fourth-order valence-corrected chi connectivity index (χ4v) is 6.39. The van der Waals surface area contributed by atoms with E-state index in [1.54, 1.807) is 29.2 Å². The molecule has 1 fully saturated rings. The normalized spacial score (nSPS) is 25.9. The van der Waals surface area contributed by atoms with Gasteiger partial charge in [-0.25, -0.2) is 14.1 Å². The van der Waals surface area contributed by atoms with Crippen LogP contribution in [0.3, 0.4) is 0 Å². The van der Waals surface area contributed by atoms with Crippen LogP contribution in [0.1, 0.15) is 49.1 Å². The second-order valence-electron chi connectivity index (χ2n) is 10.4. The van der Waals surface area contributed by atoms with Gasteiger partial charge in [-0.15, -0.1) is 0 Å². The summed E-state index contributed by atoms with van der Waals surface area (Å²) in [6.45, 7) is 0. The number of nitrogens with zero attached hydrogens (tertiary/aromatic N) is 4. The summed E-state index contributed by atoms with van der Waals surface area (Å²) in [6, 6.07) is 13.6. The van der Waals surface area contributed by atoms with Crippen molar-refractivity contribution in [2.24, 2.45) is 5.92 Å². The van der Waals surface area contributed by atoms with Crippen LogP contribution < -0.4 is 0 Å². The zero-order valence-electron chi connectivity index (χ0n) is 20.0. The van der Waals surface area contributed by atoms with E-state index < -0.39 is 17.2 Å². The minimum Gasteiger partial charge on any atom is -0.380 e. The molecule has 0 saturated heterocycles. The van der Waals surface area contributed by atoms with Gasteiger partial charge in [-0.05, 0) is 98.9 Å². The molecule has 2 aliphatic rings. The number of alkyl halides is 3. The maximum absolute atomic E-state index is 13.9. The van der Waals surface area contributed by atoms with Crippen molar-refractivity contribution in [3.05, 3.63) is 83.7 Å². The summed E-state index contributed by atoms with van der Waals surface area (Å²) in [4.78, 5) is 9.51. The number of aryl methyl sites for hydroxylation is 1. The SMILES string of the molecule is O[C@]1(C(F)(F)F)CC[C@]2(Cc3ccccn3)c3cc4cnn(-c5ccc(F)cc5)c4nc3CCC[C@@H]2C1. The van der Waals surface area contributed by atoms with Crippen LogP contribution in [-0.2, 0) is 18.3 Å². The van der Waals surface area contributed by atoms with Gasteiger partial charge in [-0.1, -0.05) is 6.07 Å². The van der Waals surface area contributed by atoms with Gasteiger partial charge in [0, 0.05) is 28.4 Å². The van der Waals surface area contributed by atoms with Crippen LogP contribution in [0.2, 0.25) is 0 Å². The molecule has 3 atom stereocenters. The van der Waals surface area contributed by atoms with Crippen LogP contribution in [0.5, 0.6) is 0 Å². The first-order valence-corrected chi connectivity index (χ1v) is 12.5. The molecule has 2 aliphatic carbocycles. The second-order valence-corrected chi connectivity index (χ2v) is 10.4. The summed E-state index contributed by atoms with van der Waals surface area (Å²) in [5.41, 5.74) is 0.534. The van der Waals surface area contributed by atoms with Crippen LogP contribution in [-0.4, -0.2) is 36.6 Å². The van der Waals surface area contributed by atoms with Gasteiger partial charge in [-0.3, -0.25) is 4.98 Å². The molecule has 5 nitrogen and oxygen atoms in total. The Kier molecular flexibility index (Phi) is 5.60. The Labute approximate surface area is 211 Å². The average molecular weight is 511 g/mol. The first kappa shape index (κ1) is 24.0. The molecule has 3 heterocycles. The average Bonchev–Trinajstić information content (AvgIpc) is 3.22. The number of aliphatic hydroxyl groups is 1. The number of aromatic nitrogens is 4. The fourth-order valence-electron chi connectivity index (χ4n) is 6.39. The zero-order chi connectivity index (χ0) is 25.8. The third-order valence-electron chi connectivity index (χ3n) is 8.30. The van der Waals surface area contributed by atoms with E-state index in [9.17, 15) is 22.7 Å². The fraction of sp³-hybridized carbons (Fsp3) is 0.393. The molecule has 6 rings (SSSR count). The highest BCUT2D eigenvalue weighted by atomic mass is 19.4. The van der Waals surface area contributed by atoms with Gasteiger partial charge in [0.2, 0.25) is 0 Å². The minimum atomic E-state index is -4.68. The van der Waals surface area contributed by atoms with E-state index in [1.807, 2.05) is 24.3 Å². The molecule has 0 bridgehead atoms. The zero-order valence-corrected chi connectivity index (χ0v) is 20.0. The number of pyridine rings is 2. The lowest BCUT2D eigenvalue weighted by atomic mass is 9.56. The summed E-state index contributed by atoms with van der Waals surface area (Å²) in [5, 5.41) is 15.9. The van der Waals surface area contributed by atoms with Gasteiger partial charge in [0.15, 0.2) is 11.2 Å². The van der Waals surface area contributed by atoms with Gasteiger partial charge in [0.1, 0.15) is 5.82 Å². The summed E-state index contributed by atoms with van der Waals surface area (Å²) in [5.74, 6) is -0.733. The van der Waals surface area contributed by atoms with Crippen molar-refractivity contribution < 1.29 is 22.7 Å². The highest BCUT2D eigenvalue weighted by molar-refractivity contribution is 5.78. The molecule has 1 aromatic carbocycles. The third-order valence-corrected chi connectivity index (χ3v) is 8.30. The molecular formula is C28H26F4N4O. The van der Waals surface area contributed by atoms with E-state index in [0.29, 0.717) is 37.0 Å². The smallest absolute Gasteiger partial charge is 0.380 e. The monoisotopic (exact) mass is 510 g/mol. The van der Waals surface area contributed by atoms with E-state index in [1.165, 1.54) is 12.1 Å². The van der Waals surface area contributed by atoms with Crippen molar-refractivity contribution >= 4 is 11.0 Å². The Morgan fingerprint density at radius 1 is 1.08 bits per heavy atom. The molecule has 192 valence electrons. The Balaban J connectivity index is 1.50. The van der Waals surface area contributed by atoms with E-state index in [-0.39, 0.29) is 31.0 Å². The van der Waals surface area contributed by atoms with Crippen molar-refractivity contribution in [1.29, 1.82) is 0 Å². The third kappa shape index (κ3) is 4.00. The van der Waals surface area contributed by atoms with Crippen LogP contribution in [0.25, 0.3) is 16.7 Å². The lowest BCUT2D eigenvalue weighted by Gasteiger charge is -2.50. The Morgan fingerprint density at radius 2 is 1.89 bits per heavy atom. The molecular weight excluding hydrogens is 484 g/mol. The molecule has 0 unspecified atom stereocenters. The van der Waals surface area contributed by atoms with E-state index in [0.717, 1.165) is 22.3 Å². The predicted octanol–water partition coefficient (Wildman–Crippen LogP) is 5.86. The molecule has 4 aromatic rings. The molecule has 0 spiro atoms. The molecule has 0 aliphatic heterocycles. The van der Waals surface area contributed by atoms with Crippen LogP contribution >= 0.6 is 0 Å². The lowest BCUT2D eigenvalue weighted by molar-refractivity contribution is -0.279.